The van der Waals surface area contributed by atoms with E-state index in [1.54, 1.807) is 0 Å². The normalized spacial score (nSPS) is 47.8. The van der Waals surface area contributed by atoms with Gasteiger partial charge in [0.1, 0.15) is 238 Å². The van der Waals surface area contributed by atoms with Gasteiger partial charge in [0.15, 0.2) is 62.9 Å². The van der Waals surface area contributed by atoms with Crippen molar-refractivity contribution in [2.24, 2.45) is 0 Å². The zero-order valence-corrected chi connectivity index (χ0v) is 69.6. The summed E-state index contributed by atoms with van der Waals surface area (Å²) in [6.07, 6.45) is -90.9. The molecule has 738 valence electrons. The van der Waals surface area contributed by atoms with Crippen LogP contribution in [0.1, 0.15) is 48.5 Å². The molecule has 6 amide bonds. The van der Waals surface area contributed by atoms with Gasteiger partial charge in [-0.25, -0.2) is 0 Å². The standard InChI is InChI=1S/C72H120N6O50/c1-17-39(92)51(104)54(107)69(112-17)110-16-32-59(47(100)33(63(109)113-32)73-18(2)86)124-66-36(76-21(5)89)50(103)58(30(14-85)118-66)125-70-55(108)60(126-72-62(53(106)43(96)27(11-82)117-72)128-68-38(78-23(7)91)49(102)57(29(13-84)120-68)123-65-35(75-20(4)88)46(99)41(94)25(9-80)115-65)44(97)31(121-70)15-111-71-61(52(105)42(95)26(10-81)116-71)127-67-37(77-22(6)90)48(101)56(28(12-83)119-67)122-64-34(74-19(3)87)45(98)40(93)24(8-79)114-64/h17,24-72,79-85,92-109H,8-16H2,1-7H3,(H,73,86)(H,74,87)(H,75,88)(H,76,89)(H,77,90)(H,78,91)/t17-,24+,25+,26+,27+,28+,29+,30+,31+,32+,33+,34+,35+,36+,37+,38-,39+,40-,41-,42+,43+,44+,45+,46+,47+,48+,49+,50+,51+,52-,53-,54-,55-,56+,57+,58+,59+,60-,61-,62-,63?,64-,65-,66-,67-,68-,69+,70-,71-,72+/m0/s1. The predicted octanol–water partition coefficient (Wildman–Crippen LogP) is -20.9. The van der Waals surface area contributed by atoms with Crippen molar-refractivity contribution in [3.63, 3.8) is 0 Å². The Labute approximate surface area is 726 Å². The average Bonchev–Trinajstić information content (AvgIpc) is 0.764. The van der Waals surface area contributed by atoms with Crippen LogP contribution in [-0.2, 0) is 119 Å². The number of amides is 6. The highest BCUT2D eigenvalue weighted by molar-refractivity contribution is 5.75. The zero-order chi connectivity index (χ0) is 94.4. The van der Waals surface area contributed by atoms with E-state index in [1.165, 1.54) is 6.92 Å². The molecule has 10 rings (SSSR count). The Morgan fingerprint density at radius 1 is 0.219 bits per heavy atom. The second kappa shape index (κ2) is 46.1. The number of aliphatic hydroxyl groups excluding tert-OH is 25. The Balaban J connectivity index is 0.993. The fraction of sp³-hybridized carbons (Fsp3) is 0.917. The van der Waals surface area contributed by atoms with Gasteiger partial charge in [0.05, 0.1) is 65.6 Å². The third kappa shape index (κ3) is 23.8. The Kier molecular flexibility index (Phi) is 37.8. The van der Waals surface area contributed by atoms with Crippen molar-refractivity contribution in [2.75, 3.05) is 59.5 Å². The maximum atomic E-state index is 13.3. The van der Waals surface area contributed by atoms with Crippen molar-refractivity contribution in [1.29, 1.82) is 0 Å². The van der Waals surface area contributed by atoms with Crippen LogP contribution >= 0.6 is 0 Å². The lowest BCUT2D eigenvalue weighted by molar-refractivity contribution is -0.398. The van der Waals surface area contributed by atoms with E-state index in [0.717, 1.165) is 41.5 Å². The quantitative estimate of drug-likeness (QED) is 0.0290. The summed E-state index contributed by atoms with van der Waals surface area (Å²) >= 11 is 0. The molecular weight excluding hydrogens is 1750 g/mol. The Morgan fingerprint density at radius 2 is 0.484 bits per heavy atom. The maximum Gasteiger partial charge on any atom is 0.217 e. The van der Waals surface area contributed by atoms with Crippen LogP contribution in [0.5, 0.6) is 0 Å². The number of rotatable bonds is 33. The minimum absolute atomic E-state index is 0.812. The molecule has 128 heavy (non-hydrogen) atoms. The molecule has 0 aromatic carbocycles. The highest BCUT2D eigenvalue weighted by Gasteiger charge is 2.62. The smallest absolute Gasteiger partial charge is 0.217 e. The molecule has 0 spiro atoms. The molecule has 10 aliphatic heterocycles. The molecule has 0 saturated carbocycles. The second-order valence-corrected chi connectivity index (χ2v) is 32.5. The van der Waals surface area contributed by atoms with Crippen molar-refractivity contribution in [2.45, 2.75) is 355 Å². The minimum Gasteiger partial charge on any atom is -0.394 e. The fourth-order valence-corrected chi connectivity index (χ4v) is 16.6. The number of ether oxygens (including phenoxy) is 19. The second-order valence-electron chi connectivity index (χ2n) is 32.5. The molecule has 0 radical (unpaired) electrons. The van der Waals surface area contributed by atoms with E-state index in [9.17, 15) is 156 Å². The van der Waals surface area contributed by atoms with Crippen molar-refractivity contribution >= 4 is 35.4 Å². The van der Waals surface area contributed by atoms with Crippen molar-refractivity contribution in [3.8, 4) is 0 Å². The number of hydrogen-bond acceptors (Lipinski definition) is 50. The predicted molar refractivity (Wildman–Crippen MR) is 398 cm³/mol. The van der Waals surface area contributed by atoms with Crippen molar-refractivity contribution < 1.29 is 246 Å². The van der Waals surface area contributed by atoms with E-state index in [4.69, 9.17) is 90.0 Å². The largest absolute Gasteiger partial charge is 0.394 e. The molecule has 0 aliphatic carbocycles. The molecule has 1 unspecified atom stereocenters. The Hall–Kier alpha value is -4.94. The molecule has 0 bridgehead atoms. The van der Waals surface area contributed by atoms with Crippen LogP contribution in [0.3, 0.4) is 0 Å². The average molecular weight is 1870 g/mol. The molecule has 0 aromatic heterocycles. The van der Waals surface area contributed by atoms with Gasteiger partial charge < -0.3 is 250 Å². The minimum atomic E-state index is -2.64. The van der Waals surface area contributed by atoms with E-state index < -0.39 is 402 Å². The lowest BCUT2D eigenvalue weighted by Crippen LogP contribution is -2.71. The molecule has 50 atom stereocenters. The van der Waals surface area contributed by atoms with Gasteiger partial charge >= 0.3 is 0 Å². The van der Waals surface area contributed by atoms with E-state index >= 15 is 0 Å². The van der Waals surface area contributed by atoms with Gasteiger partial charge in [-0.2, -0.15) is 0 Å². The van der Waals surface area contributed by atoms with Crippen LogP contribution in [-0.4, -0.2) is 529 Å². The lowest BCUT2D eigenvalue weighted by Gasteiger charge is -2.51. The van der Waals surface area contributed by atoms with E-state index in [1.807, 2.05) is 0 Å². The highest BCUT2D eigenvalue weighted by Crippen LogP contribution is 2.41. The summed E-state index contributed by atoms with van der Waals surface area (Å²) < 4.78 is 114. The molecule has 0 aromatic rings. The van der Waals surface area contributed by atoms with E-state index in [0.29, 0.717) is 0 Å². The summed E-state index contributed by atoms with van der Waals surface area (Å²) in [5, 5.41) is 297. The van der Waals surface area contributed by atoms with Gasteiger partial charge in [0.2, 0.25) is 35.4 Å². The third-order valence-corrected chi connectivity index (χ3v) is 23.2. The number of carbonyl (C=O) groups excluding carboxylic acids is 6. The summed E-state index contributed by atoms with van der Waals surface area (Å²) in [4.78, 5) is 76.8. The van der Waals surface area contributed by atoms with Crippen LogP contribution in [0.4, 0.5) is 0 Å². The van der Waals surface area contributed by atoms with Gasteiger partial charge in [0, 0.05) is 41.5 Å². The summed E-state index contributed by atoms with van der Waals surface area (Å²) in [6, 6.07) is -11.1. The lowest BCUT2D eigenvalue weighted by atomic mass is 9.93. The first-order chi connectivity index (χ1) is 60.5. The highest BCUT2D eigenvalue weighted by atomic mass is 16.8. The number of carbonyl (C=O) groups is 6. The maximum absolute atomic E-state index is 13.3. The molecule has 31 N–H and O–H groups in total. The van der Waals surface area contributed by atoms with Gasteiger partial charge in [-0.3, -0.25) is 28.8 Å². The van der Waals surface area contributed by atoms with Gasteiger partial charge in [-0.1, -0.05) is 0 Å². The Bertz CT molecular complexity index is 3550. The van der Waals surface area contributed by atoms with Crippen LogP contribution in [0.25, 0.3) is 0 Å². The summed E-state index contributed by atoms with van der Waals surface area (Å²) in [6.45, 7) is -2.88. The first-order valence-corrected chi connectivity index (χ1v) is 41.0. The van der Waals surface area contributed by atoms with Crippen molar-refractivity contribution in [3.05, 3.63) is 0 Å². The topological polar surface area (TPSA) is 856 Å². The summed E-state index contributed by atoms with van der Waals surface area (Å²) in [5.74, 6) is -5.41. The van der Waals surface area contributed by atoms with Crippen LogP contribution < -0.4 is 31.9 Å². The number of aliphatic hydroxyl groups is 25. The first-order valence-electron chi connectivity index (χ1n) is 41.0. The Morgan fingerprint density at radius 3 is 0.852 bits per heavy atom. The van der Waals surface area contributed by atoms with Crippen molar-refractivity contribution in [1.82, 2.24) is 31.9 Å². The zero-order valence-electron chi connectivity index (χ0n) is 69.6. The summed E-state index contributed by atoms with van der Waals surface area (Å²) in [5.41, 5.74) is 0. The molecule has 56 heteroatoms. The van der Waals surface area contributed by atoms with E-state index in [2.05, 4.69) is 31.9 Å². The van der Waals surface area contributed by atoms with Crippen LogP contribution in [0.15, 0.2) is 0 Å². The van der Waals surface area contributed by atoms with Crippen LogP contribution in [0, 0.1) is 0 Å². The molecule has 10 heterocycles. The number of hydrogen-bond donors (Lipinski definition) is 31. The SMILES string of the molecule is CC(=O)N[C@@H]1[C@H](O[C@@H]2[C@@H](O[C@@H]3[C@H](O)[C@H](O[C@H]4[C@H](O)[C@@H](NC(C)=O)[C@H](O[C@H]5[C@H](O)[C@@H](NC(C)=O)C(O)O[C@@H]5CO[C@@H]5O[C@@H](C)[C@@H](O)[C@@H](O)[C@@H]5O)O[C@@H]4CO)O[C@H](CO[C@H]4O[C@H](CO)[C@@H](O)[C@H](O)[C@@H]4O[C@@H]4O[C@H](CO)[C@@H](O[C@@H]5O[C@H](CO)[C@H](O)[C@H](O)[C@H]5NC(C)=O)[C@H](O)[C@H]4NC(C)=O)[C@H]3O)O[C@H](CO)[C@@H](O)[C@@H]2O)O[C@H](CO)[C@@H](O[C@@H]2O[C@H](CO)[C@H](O)[C@H](O)[C@H]2NC(C)=O)[C@@H]1O. The molecule has 10 fully saturated rings. The van der Waals surface area contributed by atoms with Gasteiger partial charge in [-0.15, -0.1) is 0 Å². The fourth-order valence-electron chi connectivity index (χ4n) is 16.6. The molecule has 10 saturated heterocycles. The monoisotopic (exact) mass is 1870 g/mol. The van der Waals surface area contributed by atoms with Crippen LogP contribution in [0.2, 0.25) is 0 Å². The van der Waals surface area contributed by atoms with E-state index in [-0.39, 0.29) is 0 Å². The molecule has 10 aliphatic rings. The first kappa shape index (κ1) is 105. The molecule has 56 nitrogen and oxygen atoms in total. The van der Waals surface area contributed by atoms with Gasteiger partial charge in [0.25, 0.3) is 0 Å². The van der Waals surface area contributed by atoms with Gasteiger partial charge in [-0.05, 0) is 6.92 Å². The number of nitrogens with one attached hydrogen (secondary N) is 6. The third-order valence-electron chi connectivity index (χ3n) is 23.2. The molecular formula is C72H120N6O50. The summed E-state index contributed by atoms with van der Waals surface area (Å²) in [7, 11) is 0.